The maximum Gasteiger partial charge on any atom is 0.179 e. The van der Waals surface area contributed by atoms with Gasteiger partial charge in [0, 0.05) is 10.9 Å². The Bertz CT molecular complexity index is 876. The Morgan fingerprint density at radius 3 is 2.50 bits per heavy atom. The van der Waals surface area contributed by atoms with Crippen LogP contribution in [0.4, 0.5) is 4.39 Å². The lowest BCUT2D eigenvalue weighted by Gasteiger charge is -2.14. The first-order valence-corrected chi connectivity index (χ1v) is 8.34. The number of halogens is 1. The van der Waals surface area contributed by atoms with Crippen molar-refractivity contribution in [2.75, 3.05) is 19.6 Å². The van der Waals surface area contributed by atoms with Gasteiger partial charge in [0.2, 0.25) is 0 Å². The van der Waals surface area contributed by atoms with Gasteiger partial charge >= 0.3 is 0 Å². The van der Waals surface area contributed by atoms with Crippen LogP contribution in [0.25, 0.3) is 22.2 Å². The van der Waals surface area contributed by atoms with Gasteiger partial charge in [0.25, 0.3) is 0 Å². The largest absolute Gasteiger partial charge is 0.354 e. The highest BCUT2D eigenvalue weighted by Gasteiger charge is 2.22. The van der Waals surface area contributed by atoms with E-state index in [9.17, 15) is 9.18 Å². The molecule has 0 spiro atoms. The second-order valence-electron chi connectivity index (χ2n) is 6.33. The summed E-state index contributed by atoms with van der Waals surface area (Å²) in [5.41, 5.74) is 3.25. The molecule has 1 saturated heterocycles. The summed E-state index contributed by atoms with van der Waals surface area (Å²) in [6.45, 7) is 2.41. The van der Waals surface area contributed by atoms with Crippen molar-refractivity contribution in [3.63, 3.8) is 0 Å². The summed E-state index contributed by atoms with van der Waals surface area (Å²) >= 11 is 0. The molecule has 1 aliphatic heterocycles. The van der Waals surface area contributed by atoms with E-state index in [0.717, 1.165) is 48.1 Å². The summed E-state index contributed by atoms with van der Waals surface area (Å²) in [4.78, 5) is 18.6. The topological polar surface area (TPSA) is 36.1 Å². The maximum absolute atomic E-state index is 13.3. The lowest BCUT2D eigenvalue weighted by Crippen LogP contribution is -2.27. The summed E-state index contributed by atoms with van der Waals surface area (Å²) in [5, 5.41) is 0.932. The normalized spacial score (nSPS) is 15.2. The number of carbonyl (C=O) groups is 1. The van der Waals surface area contributed by atoms with Crippen molar-refractivity contribution in [3.8, 4) is 11.3 Å². The van der Waals surface area contributed by atoms with Crippen LogP contribution in [-0.2, 0) is 0 Å². The fourth-order valence-electron chi connectivity index (χ4n) is 3.49. The van der Waals surface area contributed by atoms with Crippen LogP contribution in [0.5, 0.6) is 0 Å². The van der Waals surface area contributed by atoms with Crippen molar-refractivity contribution in [1.29, 1.82) is 0 Å². The molecule has 4 heteroatoms. The van der Waals surface area contributed by atoms with E-state index in [1.54, 1.807) is 12.1 Å². The molecule has 1 fully saturated rings. The van der Waals surface area contributed by atoms with Crippen LogP contribution in [0.2, 0.25) is 0 Å². The number of para-hydroxylation sites is 1. The van der Waals surface area contributed by atoms with Crippen LogP contribution in [0.15, 0.2) is 48.5 Å². The Morgan fingerprint density at radius 2 is 1.75 bits per heavy atom. The molecule has 1 aliphatic rings. The van der Waals surface area contributed by atoms with Gasteiger partial charge in [0.1, 0.15) is 5.82 Å². The highest BCUT2D eigenvalue weighted by Crippen LogP contribution is 2.31. The van der Waals surface area contributed by atoms with E-state index < -0.39 is 0 Å². The standard InChI is InChI=1S/C20H19FN2O/c21-15-9-7-14(8-10-15)20-19(16-5-1-2-6-17(16)22-20)18(24)13-23-11-3-4-12-23/h1-2,5-10,22H,3-4,11-13H2. The Morgan fingerprint density at radius 1 is 1.04 bits per heavy atom. The van der Waals surface area contributed by atoms with E-state index in [4.69, 9.17) is 0 Å². The fourth-order valence-corrected chi connectivity index (χ4v) is 3.49. The molecule has 0 radical (unpaired) electrons. The van der Waals surface area contributed by atoms with Crippen molar-refractivity contribution < 1.29 is 9.18 Å². The molecule has 122 valence electrons. The van der Waals surface area contributed by atoms with Gasteiger partial charge in [-0.1, -0.05) is 18.2 Å². The monoisotopic (exact) mass is 322 g/mol. The molecule has 0 saturated carbocycles. The number of rotatable bonds is 4. The van der Waals surface area contributed by atoms with Gasteiger partial charge < -0.3 is 4.98 Å². The van der Waals surface area contributed by atoms with Gasteiger partial charge in [-0.25, -0.2) is 4.39 Å². The lowest BCUT2D eigenvalue weighted by molar-refractivity contribution is 0.0947. The third-order valence-electron chi connectivity index (χ3n) is 4.68. The number of nitrogens with one attached hydrogen (secondary N) is 1. The van der Waals surface area contributed by atoms with Crippen LogP contribution < -0.4 is 0 Å². The second-order valence-corrected chi connectivity index (χ2v) is 6.33. The zero-order chi connectivity index (χ0) is 16.5. The number of likely N-dealkylation sites (tertiary alicyclic amines) is 1. The van der Waals surface area contributed by atoms with E-state index in [2.05, 4.69) is 9.88 Å². The summed E-state index contributed by atoms with van der Waals surface area (Å²) in [6.07, 6.45) is 2.32. The lowest BCUT2D eigenvalue weighted by atomic mass is 10.0. The van der Waals surface area contributed by atoms with Gasteiger partial charge in [-0.3, -0.25) is 9.69 Å². The highest BCUT2D eigenvalue weighted by molar-refractivity contribution is 6.14. The minimum atomic E-state index is -0.278. The third kappa shape index (κ3) is 2.74. The molecule has 0 amide bonds. The molecule has 2 heterocycles. The number of H-pyrrole nitrogens is 1. The first-order chi connectivity index (χ1) is 11.7. The Labute approximate surface area is 140 Å². The zero-order valence-electron chi connectivity index (χ0n) is 13.4. The van der Waals surface area contributed by atoms with E-state index in [1.807, 2.05) is 24.3 Å². The first-order valence-electron chi connectivity index (χ1n) is 8.34. The minimum absolute atomic E-state index is 0.119. The van der Waals surface area contributed by atoms with Crippen molar-refractivity contribution in [3.05, 3.63) is 59.9 Å². The predicted octanol–water partition coefficient (Wildman–Crippen LogP) is 4.25. The van der Waals surface area contributed by atoms with Gasteiger partial charge in [-0.15, -0.1) is 0 Å². The number of carbonyl (C=O) groups excluding carboxylic acids is 1. The number of aromatic nitrogens is 1. The molecule has 3 nitrogen and oxygen atoms in total. The molecule has 0 unspecified atom stereocenters. The average molecular weight is 322 g/mol. The number of aromatic amines is 1. The third-order valence-corrected chi connectivity index (χ3v) is 4.68. The number of benzene rings is 2. The van der Waals surface area contributed by atoms with Crippen molar-refractivity contribution in [2.24, 2.45) is 0 Å². The second kappa shape index (κ2) is 6.21. The molecule has 0 bridgehead atoms. The minimum Gasteiger partial charge on any atom is -0.354 e. The molecule has 24 heavy (non-hydrogen) atoms. The molecule has 0 atom stereocenters. The van der Waals surface area contributed by atoms with Gasteiger partial charge in [0.05, 0.1) is 17.8 Å². The van der Waals surface area contributed by atoms with Gasteiger partial charge in [-0.2, -0.15) is 0 Å². The maximum atomic E-state index is 13.3. The zero-order valence-corrected chi connectivity index (χ0v) is 13.4. The molecule has 0 aliphatic carbocycles. The molecular formula is C20H19FN2O. The number of ketones is 1. The number of fused-ring (bicyclic) bond motifs is 1. The first kappa shape index (κ1) is 15.1. The van der Waals surface area contributed by atoms with E-state index in [-0.39, 0.29) is 11.6 Å². The number of Topliss-reactive ketones (excluding diaryl/α,β-unsaturated/α-hetero) is 1. The summed E-state index contributed by atoms with van der Waals surface area (Å²) < 4.78 is 13.3. The van der Waals surface area contributed by atoms with Crippen molar-refractivity contribution in [1.82, 2.24) is 9.88 Å². The number of nitrogens with zero attached hydrogens (tertiary/aromatic N) is 1. The highest BCUT2D eigenvalue weighted by atomic mass is 19.1. The number of hydrogen-bond donors (Lipinski definition) is 1. The van der Waals surface area contributed by atoms with Crippen molar-refractivity contribution >= 4 is 16.7 Å². The van der Waals surface area contributed by atoms with Crippen LogP contribution in [0.3, 0.4) is 0 Å². The smallest absolute Gasteiger partial charge is 0.179 e. The molecule has 4 rings (SSSR count). The van der Waals surface area contributed by atoms with Gasteiger partial charge in [-0.05, 0) is 61.8 Å². The fraction of sp³-hybridized carbons (Fsp3) is 0.250. The Kier molecular flexibility index (Phi) is 3.90. The van der Waals surface area contributed by atoms with Gasteiger partial charge in [0.15, 0.2) is 5.78 Å². The summed E-state index contributed by atoms with van der Waals surface area (Å²) in [6, 6.07) is 14.1. The van der Waals surface area contributed by atoms with E-state index in [0.29, 0.717) is 12.1 Å². The quantitative estimate of drug-likeness (QED) is 0.729. The average Bonchev–Trinajstić information content (AvgIpc) is 3.22. The van der Waals surface area contributed by atoms with Crippen LogP contribution >= 0.6 is 0 Å². The Balaban J connectivity index is 1.80. The molecule has 3 aromatic rings. The SMILES string of the molecule is O=C(CN1CCCC1)c1c(-c2ccc(F)cc2)[nH]c2ccccc12. The van der Waals surface area contributed by atoms with E-state index in [1.165, 1.54) is 12.1 Å². The Hall–Kier alpha value is -2.46. The molecule has 1 aromatic heterocycles. The van der Waals surface area contributed by atoms with Crippen LogP contribution in [-0.4, -0.2) is 35.3 Å². The molecular weight excluding hydrogens is 303 g/mol. The van der Waals surface area contributed by atoms with Crippen LogP contribution in [0, 0.1) is 5.82 Å². The molecule has 1 N–H and O–H groups in total. The summed E-state index contributed by atoms with van der Waals surface area (Å²) in [7, 11) is 0. The summed E-state index contributed by atoms with van der Waals surface area (Å²) in [5.74, 6) is -0.159. The van der Waals surface area contributed by atoms with E-state index >= 15 is 0 Å². The molecule has 2 aromatic carbocycles. The van der Waals surface area contributed by atoms with Crippen LogP contribution in [0.1, 0.15) is 23.2 Å². The number of hydrogen-bond acceptors (Lipinski definition) is 2. The predicted molar refractivity (Wildman–Crippen MR) is 93.7 cm³/mol. The van der Waals surface area contributed by atoms with Crippen molar-refractivity contribution in [2.45, 2.75) is 12.8 Å².